The third-order valence-corrected chi connectivity index (χ3v) is 3.02. The summed E-state index contributed by atoms with van der Waals surface area (Å²) < 4.78 is 10.6. The third-order valence-electron chi connectivity index (χ3n) is 3.02. The van der Waals surface area contributed by atoms with Gasteiger partial charge in [-0.25, -0.2) is 0 Å². The summed E-state index contributed by atoms with van der Waals surface area (Å²) in [5.74, 6) is 0. The molecule has 2 rings (SSSR count). The Kier molecular flexibility index (Phi) is 3.07. The van der Waals surface area contributed by atoms with E-state index in [-0.39, 0.29) is 17.7 Å². The monoisotopic (exact) mass is 201 g/mol. The SMILES string of the molecule is CC1(NC2COCC2O)CCCOC1. The number of hydrogen-bond acceptors (Lipinski definition) is 4. The molecule has 3 atom stereocenters. The van der Waals surface area contributed by atoms with E-state index in [2.05, 4.69) is 12.2 Å². The van der Waals surface area contributed by atoms with Gasteiger partial charge in [0.25, 0.3) is 0 Å². The minimum absolute atomic E-state index is 0.0115. The van der Waals surface area contributed by atoms with Gasteiger partial charge in [-0.1, -0.05) is 0 Å². The van der Waals surface area contributed by atoms with Crippen molar-refractivity contribution in [1.29, 1.82) is 0 Å². The fraction of sp³-hybridized carbons (Fsp3) is 1.00. The summed E-state index contributed by atoms with van der Waals surface area (Å²) in [6, 6.07) is 0.0710. The molecular formula is C10H19NO3. The fourth-order valence-corrected chi connectivity index (χ4v) is 2.18. The third kappa shape index (κ3) is 2.25. The molecule has 2 aliphatic rings. The van der Waals surface area contributed by atoms with Crippen LogP contribution in [0.1, 0.15) is 19.8 Å². The van der Waals surface area contributed by atoms with Crippen LogP contribution in [0.4, 0.5) is 0 Å². The van der Waals surface area contributed by atoms with Gasteiger partial charge in [0.05, 0.1) is 32.0 Å². The Morgan fingerprint density at radius 1 is 1.36 bits per heavy atom. The summed E-state index contributed by atoms with van der Waals surface area (Å²) in [4.78, 5) is 0. The molecule has 0 aromatic carbocycles. The largest absolute Gasteiger partial charge is 0.389 e. The van der Waals surface area contributed by atoms with Crippen LogP contribution in [0.25, 0.3) is 0 Å². The van der Waals surface area contributed by atoms with Gasteiger partial charge >= 0.3 is 0 Å². The molecule has 82 valence electrons. The Balaban J connectivity index is 1.88. The Bertz CT molecular complexity index is 192. The fourth-order valence-electron chi connectivity index (χ4n) is 2.18. The topological polar surface area (TPSA) is 50.7 Å². The standard InChI is InChI=1S/C10H19NO3/c1-10(3-2-4-13-7-10)11-8-5-14-6-9(8)12/h8-9,11-12H,2-7H2,1H3. The maximum atomic E-state index is 9.61. The molecule has 0 amide bonds. The Morgan fingerprint density at radius 2 is 2.21 bits per heavy atom. The van der Waals surface area contributed by atoms with Gasteiger partial charge in [-0.15, -0.1) is 0 Å². The number of hydrogen-bond donors (Lipinski definition) is 2. The van der Waals surface area contributed by atoms with Crippen LogP contribution < -0.4 is 5.32 Å². The summed E-state index contributed by atoms with van der Waals surface area (Å²) in [7, 11) is 0. The van der Waals surface area contributed by atoms with E-state index in [1.807, 2.05) is 0 Å². The van der Waals surface area contributed by atoms with E-state index >= 15 is 0 Å². The molecule has 2 saturated heterocycles. The van der Waals surface area contributed by atoms with Crippen molar-refractivity contribution in [2.24, 2.45) is 0 Å². The Hall–Kier alpha value is -0.160. The van der Waals surface area contributed by atoms with Crippen molar-refractivity contribution in [3.8, 4) is 0 Å². The first-order chi connectivity index (χ1) is 6.70. The lowest BCUT2D eigenvalue weighted by Gasteiger charge is -2.37. The van der Waals surface area contributed by atoms with Crippen molar-refractivity contribution < 1.29 is 14.6 Å². The summed E-state index contributed by atoms with van der Waals surface area (Å²) >= 11 is 0. The van der Waals surface area contributed by atoms with Gasteiger partial charge in [-0.05, 0) is 19.8 Å². The van der Waals surface area contributed by atoms with Gasteiger partial charge in [0, 0.05) is 12.1 Å². The van der Waals surface area contributed by atoms with Crippen molar-refractivity contribution in [2.45, 2.75) is 37.5 Å². The number of aliphatic hydroxyl groups is 1. The van der Waals surface area contributed by atoms with Crippen LogP contribution in [0, 0.1) is 0 Å². The summed E-state index contributed by atoms with van der Waals surface area (Å²) in [5, 5.41) is 13.0. The average Bonchev–Trinajstić information content (AvgIpc) is 2.52. The molecule has 2 heterocycles. The number of nitrogens with one attached hydrogen (secondary N) is 1. The zero-order valence-corrected chi connectivity index (χ0v) is 8.66. The maximum Gasteiger partial charge on any atom is 0.0948 e. The number of rotatable bonds is 2. The van der Waals surface area contributed by atoms with Crippen LogP contribution in [0.3, 0.4) is 0 Å². The predicted octanol–water partition coefficient (Wildman–Crippen LogP) is -0.0952. The van der Waals surface area contributed by atoms with Crippen LogP contribution in [-0.4, -0.2) is 49.2 Å². The van der Waals surface area contributed by atoms with Crippen LogP contribution in [0.2, 0.25) is 0 Å². The quantitative estimate of drug-likeness (QED) is 0.655. The zero-order chi connectivity index (χ0) is 10.0. The van der Waals surface area contributed by atoms with Crippen molar-refractivity contribution >= 4 is 0 Å². The zero-order valence-electron chi connectivity index (χ0n) is 8.66. The minimum Gasteiger partial charge on any atom is -0.389 e. The lowest BCUT2D eigenvalue weighted by molar-refractivity contribution is 0.0156. The molecule has 3 unspecified atom stereocenters. The smallest absolute Gasteiger partial charge is 0.0948 e. The Morgan fingerprint density at radius 3 is 2.79 bits per heavy atom. The molecule has 14 heavy (non-hydrogen) atoms. The molecule has 4 nitrogen and oxygen atoms in total. The maximum absolute atomic E-state index is 9.61. The minimum atomic E-state index is -0.367. The summed E-state index contributed by atoms with van der Waals surface area (Å²) in [6.45, 7) is 4.81. The van der Waals surface area contributed by atoms with Gasteiger partial charge in [0.15, 0.2) is 0 Å². The summed E-state index contributed by atoms with van der Waals surface area (Å²) in [6.07, 6.45) is 1.83. The highest BCUT2D eigenvalue weighted by atomic mass is 16.5. The average molecular weight is 201 g/mol. The van der Waals surface area contributed by atoms with E-state index < -0.39 is 0 Å². The molecule has 0 aromatic heterocycles. The molecule has 0 spiro atoms. The van der Waals surface area contributed by atoms with Gasteiger partial charge in [-0.2, -0.15) is 0 Å². The van der Waals surface area contributed by atoms with Crippen LogP contribution >= 0.6 is 0 Å². The van der Waals surface area contributed by atoms with E-state index in [4.69, 9.17) is 9.47 Å². The highest BCUT2D eigenvalue weighted by Crippen LogP contribution is 2.20. The molecule has 2 N–H and O–H groups in total. The van der Waals surface area contributed by atoms with Gasteiger partial charge in [0.2, 0.25) is 0 Å². The second kappa shape index (κ2) is 4.14. The second-order valence-electron chi connectivity index (χ2n) is 4.57. The van der Waals surface area contributed by atoms with Crippen LogP contribution in [-0.2, 0) is 9.47 Å². The van der Waals surface area contributed by atoms with E-state index in [0.717, 1.165) is 26.1 Å². The first-order valence-electron chi connectivity index (χ1n) is 5.31. The molecule has 0 aliphatic carbocycles. The van der Waals surface area contributed by atoms with E-state index in [0.29, 0.717) is 13.2 Å². The van der Waals surface area contributed by atoms with Crippen molar-refractivity contribution in [3.05, 3.63) is 0 Å². The van der Waals surface area contributed by atoms with E-state index in [1.54, 1.807) is 0 Å². The van der Waals surface area contributed by atoms with Crippen molar-refractivity contribution in [2.75, 3.05) is 26.4 Å². The van der Waals surface area contributed by atoms with E-state index in [1.165, 1.54) is 0 Å². The molecule has 0 aromatic rings. The molecule has 4 heteroatoms. The summed E-state index contributed by atoms with van der Waals surface area (Å²) in [5.41, 5.74) is 0.0115. The van der Waals surface area contributed by atoms with Crippen LogP contribution in [0.15, 0.2) is 0 Å². The molecule has 2 aliphatic heterocycles. The normalized spacial score (nSPS) is 44.1. The highest BCUT2D eigenvalue weighted by molar-refractivity contribution is 4.92. The molecule has 0 saturated carbocycles. The highest BCUT2D eigenvalue weighted by Gasteiger charge is 2.35. The Labute approximate surface area is 84.6 Å². The second-order valence-corrected chi connectivity index (χ2v) is 4.57. The lowest BCUT2D eigenvalue weighted by Crippen LogP contribution is -2.56. The van der Waals surface area contributed by atoms with E-state index in [9.17, 15) is 5.11 Å². The molecule has 0 bridgehead atoms. The molecular weight excluding hydrogens is 182 g/mol. The molecule has 0 radical (unpaired) electrons. The van der Waals surface area contributed by atoms with Crippen molar-refractivity contribution in [3.63, 3.8) is 0 Å². The van der Waals surface area contributed by atoms with Gasteiger partial charge < -0.3 is 19.9 Å². The predicted molar refractivity (Wildman–Crippen MR) is 52.2 cm³/mol. The van der Waals surface area contributed by atoms with Gasteiger partial charge in [-0.3, -0.25) is 0 Å². The lowest BCUT2D eigenvalue weighted by atomic mass is 9.93. The first kappa shape index (κ1) is 10.4. The van der Waals surface area contributed by atoms with Gasteiger partial charge in [0.1, 0.15) is 0 Å². The molecule has 2 fully saturated rings. The number of ether oxygens (including phenoxy) is 2. The first-order valence-corrected chi connectivity index (χ1v) is 5.31. The number of aliphatic hydroxyl groups excluding tert-OH is 1. The van der Waals surface area contributed by atoms with Crippen molar-refractivity contribution in [1.82, 2.24) is 5.32 Å². The van der Waals surface area contributed by atoms with Crippen LogP contribution in [0.5, 0.6) is 0 Å².